The third-order valence-electron chi connectivity index (χ3n) is 2.06. The maximum atomic E-state index is 7.17. The molecule has 1 aromatic heterocycles. The fourth-order valence-electron chi connectivity index (χ4n) is 1.35. The molecule has 0 aliphatic heterocycles. The molecular formula is C8H12N4. The van der Waals surface area contributed by atoms with Crippen LogP contribution in [-0.4, -0.2) is 15.4 Å². The van der Waals surface area contributed by atoms with E-state index < -0.39 is 0 Å². The van der Waals surface area contributed by atoms with Crippen LogP contribution < -0.4 is 5.73 Å². The number of nitrogens with two attached hydrogens (primary N) is 1. The van der Waals surface area contributed by atoms with E-state index in [9.17, 15) is 0 Å². The van der Waals surface area contributed by atoms with Gasteiger partial charge >= 0.3 is 0 Å². The molecule has 3 N–H and O–H groups in total. The zero-order valence-corrected chi connectivity index (χ0v) is 6.83. The molecule has 0 amide bonds. The number of imidazole rings is 1. The summed E-state index contributed by atoms with van der Waals surface area (Å²) in [7, 11) is 0. The summed E-state index contributed by atoms with van der Waals surface area (Å²) in [6.07, 6.45) is 6.62. The van der Waals surface area contributed by atoms with Gasteiger partial charge in [-0.1, -0.05) is 0 Å². The summed E-state index contributed by atoms with van der Waals surface area (Å²) in [5.41, 5.74) is 6.38. The Morgan fingerprint density at radius 2 is 2.50 bits per heavy atom. The number of nitrogens with zero attached hydrogens (tertiary/aromatic N) is 2. The maximum Gasteiger partial charge on any atom is 0.0965 e. The minimum atomic E-state index is 0.206. The number of hydrogen-bond acceptors (Lipinski definition) is 2. The first-order valence-electron chi connectivity index (χ1n) is 4.11. The molecule has 2 rings (SSSR count). The van der Waals surface area contributed by atoms with E-state index in [0.29, 0.717) is 12.5 Å². The van der Waals surface area contributed by atoms with Crippen LogP contribution in [0.5, 0.6) is 0 Å². The molecule has 1 fully saturated rings. The highest BCUT2D eigenvalue weighted by Crippen LogP contribution is 2.35. The minimum Gasteiger partial charge on any atom is -0.387 e. The zero-order valence-electron chi connectivity index (χ0n) is 6.83. The third kappa shape index (κ3) is 1.32. The van der Waals surface area contributed by atoms with Crippen molar-refractivity contribution in [3.63, 3.8) is 0 Å². The molecule has 0 unspecified atom stereocenters. The van der Waals surface area contributed by atoms with E-state index in [1.807, 2.05) is 6.33 Å². The predicted molar refractivity (Wildman–Crippen MR) is 46.1 cm³/mol. The highest BCUT2D eigenvalue weighted by molar-refractivity contribution is 5.78. The highest BCUT2D eigenvalue weighted by Gasteiger charge is 2.25. The second kappa shape index (κ2) is 2.62. The van der Waals surface area contributed by atoms with E-state index in [-0.39, 0.29) is 5.84 Å². The Hall–Kier alpha value is -1.32. The molecule has 1 saturated carbocycles. The lowest BCUT2D eigenvalue weighted by atomic mass is 10.3. The maximum absolute atomic E-state index is 7.17. The molecule has 1 aliphatic rings. The van der Waals surface area contributed by atoms with Crippen LogP contribution >= 0.6 is 0 Å². The SMILES string of the molecule is N=C(N)Cc1cncn1C1CC1. The van der Waals surface area contributed by atoms with Gasteiger partial charge in [0.1, 0.15) is 0 Å². The summed E-state index contributed by atoms with van der Waals surface area (Å²) in [5, 5.41) is 7.17. The van der Waals surface area contributed by atoms with Crippen molar-refractivity contribution >= 4 is 5.84 Å². The molecule has 0 spiro atoms. The van der Waals surface area contributed by atoms with Gasteiger partial charge in [0.2, 0.25) is 0 Å². The van der Waals surface area contributed by atoms with Crippen LogP contribution in [0.4, 0.5) is 0 Å². The van der Waals surface area contributed by atoms with Gasteiger partial charge in [-0.05, 0) is 12.8 Å². The molecule has 4 heteroatoms. The van der Waals surface area contributed by atoms with Crippen LogP contribution in [0.1, 0.15) is 24.6 Å². The number of nitrogens with one attached hydrogen (secondary N) is 1. The number of rotatable bonds is 3. The van der Waals surface area contributed by atoms with Crippen molar-refractivity contribution in [1.82, 2.24) is 9.55 Å². The van der Waals surface area contributed by atoms with Gasteiger partial charge in [-0.15, -0.1) is 0 Å². The predicted octanol–water partition coefficient (Wildman–Crippen LogP) is 0.696. The number of aromatic nitrogens is 2. The van der Waals surface area contributed by atoms with Crippen LogP contribution in [0.3, 0.4) is 0 Å². The lowest BCUT2D eigenvalue weighted by Gasteiger charge is -2.04. The Labute approximate surface area is 70.9 Å². The van der Waals surface area contributed by atoms with E-state index >= 15 is 0 Å². The summed E-state index contributed by atoms with van der Waals surface area (Å²) < 4.78 is 2.13. The summed E-state index contributed by atoms with van der Waals surface area (Å²) >= 11 is 0. The molecular weight excluding hydrogens is 152 g/mol. The quantitative estimate of drug-likeness (QED) is 0.510. The van der Waals surface area contributed by atoms with Gasteiger partial charge in [-0.2, -0.15) is 0 Å². The van der Waals surface area contributed by atoms with Gasteiger partial charge < -0.3 is 10.3 Å². The van der Waals surface area contributed by atoms with Gasteiger partial charge in [0, 0.05) is 24.4 Å². The number of amidine groups is 1. The minimum absolute atomic E-state index is 0.206. The van der Waals surface area contributed by atoms with Gasteiger partial charge in [0.15, 0.2) is 0 Å². The van der Waals surface area contributed by atoms with Crippen molar-refractivity contribution in [3.8, 4) is 0 Å². The van der Waals surface area contributed by atoms with E-state index in [1.54, 1.807) is 6.20 Å². The van der Waals surface area contributed by atoms with Crippen LogP contribution in [0.25, 0.3) is 0 Å². The molecule has 0 bridgehead atoms. The van der Waals surface area contributed by atoms with Crippen molar-refractivity contribution in [3.05, 3.63) is 18.2 Å². The molecule has 64 valence electrons. The summed E-state index contributed by atoms with van der Waals surface area (Å²) in [6.45, 7) is 0. The average Bonchev–Trinajstić information content (AvgIpc) is 2.73. The molecule has 0 aromatic carbocycles. The van der Waals surface area contributed by atoms with Gasteiger partial charge in [0.25, 0.3) is 0 Å². The molecule has 1 aliphatic carbocycles. The van der Waals surface area contributed by atoms with E-state index in [1.165, 1.54) is 12.8 Å². The normalized spacial score (nSPS) is 16.3. The fourth-order valence-corrected chi connectivity index (χ4v) is 1.35. The highest BCUT2D eigenvalue weighted by atomic mass is 15.1. The first kappa shape index (κ1) is 7.34. The Morgan fingerprint density at radius 1 is 1.75 bits per heavy atom. The monoisotopic (exact) mass is 164 g/mol. The van der Waals surface area contributed by atoms with Crippen molar-refractivity contribution in [2.24, 2.45) is 5.73 Å². The molecule has 12 heavy (non-hydrogen) atoms. The van der Waals surface area contributed by atoms with Crippen LogP contribution in [0, 0.1) is 5.41 Å². The van der Waals surface area contributed by atoms with E-state index in [2.05, 4.69) is 9.55 Å². The fraction of sp³-hybridized carbons (Fsp3) is 0.500. The first-order valence-corrected chi connectivity index (χ1v) is 4.11. The largest absolute Gasteiger partial charge is 0.387 e. The zero-order chi connectivity index (χ0) is 8.55. The number of hydrogen-bond donors (Lipinski definition) is 2. The van der Waals surface area contributed by atoms with Crippen LogP contribution in [0.15, 0.2) is 12.5 Å². The lowest BCUT2D eigenvalue weighted by Crippen LogP contribution is -2.15. The van der Waals surface area contributed by atoms with E-state index in [4.69, 9.17) is 11.1 Å². The Morgan fingerprint density at radius 3 is 3.08 bits per heavy atom. The topological polar surface area (TPSA) is 67.7 Å². The Balaban J connectivity index is 2.18. The van der Waals surface area contributed by atoms with Gasteiger partial charge in [-0.25, -0.2) is 4.98 Å². The first-order chi connectivity index (χ1) is 5.77. The molecule has 1 aromatic rings. The van der Waals surface area contributed by atoms with E-state index in [0.717, 1.165) is 5.69 Å². The standard InChI is InChI=1S/C8H12N4/c9-8(10)3-7-4-11-5-12(7)6-1-2-6/h4-6H,1-3H2,(H3,9,10). The molecule has 0 saturated heterocycles. The van der Waals surface area contributed by atoms with Crippen molar-refractivity contribution in [1.29, 1.82) is 5.41 Å². The second-order valence-electron chi connectivity index (χ2n) is 3.23. The summed E-state index contributed by atoms with van der Waals surface area (Å²) in [6, 6.07) is 0.627. The van der Waals surface area contributed by atoms with Gasteiger partial charge in [-0.3, -0.25) is 5.41 Å². The lowest BCUT2D eigenvalue weighted by molar-refractivity contribution is 0.709. The second-order valence-corrected chi connectivity index (χ2v) is 3.23. The molecule has 1 heterocycles. The van der Waals surface area contributed by atoms with Crippen LogP contribution in [0.2, 0.25) is 0 Å². The molecule has 4 nitrogen and oxygen atoms in total. The van der Waals surface area contributed by atoms with Crippen molar-refractivity contribution < 1.29 is 0 Å². The third-order valence-corrected chi connectivity index (χ3v) is 2.06. The van der Waals surface area contributed by atoms with Crippen molar-refractivity contribution in [2.45, 2.75) is 25.3 Å². The van der Waals surface area contributed by atoms with Crippen LogP contribution in [-0.2, 0) is 6.42 Å². The Kier molecular flexibility index (Phi) is 1.60. The Bertz CT molecular complexity index is 298. The summed E-state index contributed by atoms with van der Waals surface area (Å²) in [5.74, 6) is 0.206. The van der Waals surface area contributed by atoms with Crippen molar-refractivity contribution in [2.75, 3.05) is 0 Å². The van der Waals surface area contributed by atoms with Gasteiger partial charge in [0.05, 0.1) is 12.2 Å². The summed E-state index contributed by atoms with van der Waals surface area (Å²) in [4.78, 5) is 4.05. The molecule has 0 radical (unpaired) electrons. The smallest absolute Gasteiger partial charge is 0.0965 e. The average molecular weight is 164 g/mol. The molecule has 0 atom stereocenters.